The first-order chi connectivity index (χ1) is 4.88. The molecule has 0 radical (unpaired) electrons. The van der Waals surface area contributed by atoms with Gasteiger partial charge in [0.1, 0.15) is 0 Å². The van der Waals surface area contributed by atoms with Crippen molar-refractivity contribution in [2.75, 3.05) is 7.05 Å². The molecule has 0 aliphatic carbocycles. The van der Waals surface area contributed by atoms with Crippen LogP contribution < -0.4 is 0 Å². The lowest BCUT2D eigenvalue weighted by Gasteiger charge is -2.22. The van der Waals surface area contributed by atoms with Crippen LogP contribution in [-0.2, 0) is 0 Å². The molecular formula is C8H10BN. The van der Waals surface area contributed by atoms with Gasteiger partial charge in [0.15, 0.2) is 0 Å². The van der Waals surface area contributed by atoms with Gasteiger partial charge in [0.05, 0.1) is 0 Å². The van der Waals surface area contributed by atoms with Gasteiger partial charge in [0, 0.05) is 0 Å². The number of fused-ring (bicyclic) bond motifs is 1. The van der Waals surface area contributed by atoms with E-state index in [0.717, 1.165) is 6.42 Å². The molecular weight excluding hydrogens is 121 g/mol. The fourth-order valence-corrected chi connectivity index (χ4v) is 1.54. The number of hydrogen-bond donors (Lipinski definition) is 0. The highest BCUT2D eigenvalue weighted by molar-refractivity contribution is 6.70. The third kappa shape index (κ3) is 0.720. The molecule has 0 aromatic heterocycles. The summed E-state index contributed by atoms with van der Waals surface area (Å²) in [6.45, 7) is 0.560. The summed E-state index contributed by atoms with van der Waals surface area (Å²) >= 11 is 0. The van der Waals surface area contributed by atoms with E-state index >= 15 is 0 Å². The molecule has 2 heteroatoms. The minimum Gasteiger partial charge on any atom is -0.416 e. The van der Waals surface area contributed by atoms with Crippen LogP contribution in [0.4, 0.5) is 0 Å². The molecule has 2 aliphatic rings. The fraction of sp³-hybridized carbons (Fsp3) is 0.250. The zero-order valence-electron chi connectivity index (χ0n) is 6.12. The minimum absolute atomic E-state index is 0.560. The lowest BCUT2D eigenvalue weighted by atomic mass is 9.56. The first kappa shape index (κ1) is 5.84. The summed E-state index contributed by atoms with van der Waals surface area (Å²) in [5, 5.41) is 0. The van der Waals surface area contributed by atoms with Crippen LogP contribution >= 0.6 is 0 Å². The molecule has 50 valence electrons. The van der Waals surface area contributed by atoms with Crippen LogP contribution in [0.5, 0.6) is 0 Å². The molecule has 0 amide bonds. The van der Waals surface area contributed by atoms with Gasteiger partial charge in [-0.15, -0.1) is 0 Å². The third-order valence-electron chi connectivity index (χ3n) is 2.12. The fourth-order valence-electron chi connectivity index (χ4n) is 1.54. The predicted octanol–water partition coefficient (Wildman–Crippen LogP) is 1.40. The Morgan fingerprint density at radius 1 is 1.60 bits per heavy atom. The van der Waals surface area contributed by atoms with Gasteiger partial charge in [-0.25, -0.2) is 0 Å². The van der Waals surface area contributed by atoms with Crippen molar-refractivity contribution in [3.63, 3.8) is 0 Å². The quantitative estimate of drug-likeness (QED) is 0.449. The smallest absolute Gasteiger partial charge is 0.311 e. The molecule has 0 unspecified atom stereocenters. The topological polar surface area (TPSA) is 3.24 Å². The van der Waals surface area contributed by atoms with Crippen LogP contribution in [-0.4, -0.2) is 18.7 Å². The van der Waals surface area contributed by atoms with Crippen molar-refractivity contribution in [3.05, 3.63) is 35.9 Å². The van der Waals surface area contributed by atoms with Gasteiger partial charge >= 0.3 is 6.85 Å². The van der Waals surface area contributed by atoms with Crippen LogP contribution in [0.15, 0.2) is 35.9 Å². The van der Waals surface area contributed by atoms with Crippen molar-refractivity contribution in [2.24, 2.45) is 0 Å². The van der Waals surface area contributed by atoms with Gasteiger partial charge in [-0.2, -0.15) is 0 Å². The van der Waals surface area contributed by atoms with Crippen molar-refractivity contribution < 1.29 is 0 Å². The van der Waals surface area contributed by atoms with Gasteiger partial charge in [-0.3, -0.25) is 0 Å². The number of nitrogens with zero attached hydrogens (tertiary/aromatic N) is 1. The first-order valence-corrected chi connectivity index (χ1v) is 3.64. The summed E-state index contributed by atoms with van der Waals surface area (Å²) in [7, 11) is 2.11. The van der Waals surface area contributed by atoms with Gasteiger partial charge in [0.25, 0.3) is 0 Å². The van der Waals surface area contributed by atoms with E-state index in [-0.39, 0.29) is 0 Å². The second kappa shape index (κ2) is 2.05. The van der Waals surface area contributed by atoms with Gasteiger partial charge in [0.2, 0.25) is 0 Å². The highest BCUT2D eigenvalue weighted by atomic mass is 15.0. The van der Waals surface area contributed by atoms with Crippen molar-refractivity contribution in [2.45, 2.75) is 6.42 Å². The van der Waals surface area contributed by atoms with Crippen molar-refractivity contribution in [1.82, 2.24) is 4.81 Å². The summed E-state index contributed by atoms with van der Waals surface area (Å²) in [4.78, 5) is 2.23. The van der Waals surface area contributed by atoms with E-state index in [1.165, 1.54) is 5.47 Å². The normalized spacial score (nSPS) is 21.5. The molecule has 10 heavy (non-hydrogen) atoms. The zero-order chi connectivity index (χ0) is 6.97. The molecule has 2 aliphatic heterocycles. The molecule has 0 fully saturated rings. The molecule has 0 aromatic carbocycles. The standard InChI is InChI=1S/C8H10BN/c1-10-7-3-5-8-4-2-6-9(8)10/h2-3,5-7H,4H2,1H3. The summed E-state index contributed by atoms with van der Waals surface area (Å²) < 4.78 is 0. The maximum absolute atomic E-state index is 2.26. The monoisotopic (exact) mass is 131 g/mol. The van der Waals surface area contributed by atoms with Crippen LogP contribution in [0.3, 0.4) is 0 Å². The Morgan fingerprint density at radius 3 is 3.30 bits per heavy atom. The average Bonchev–Trinajstić information content (AvgIpc) is 2.36. The molecule has 0 saturated carbocycles. The van der Waals surface area contributed by atoms with Gasteiger partial charge in [-0.05, 0) is 25.7 Å². The minimum atomic E-state index is 0.560. The lowest BCUT2D eigenvalue weighted by molar-refractivity contribution is 0.717. The van der Waals surface area contributed by atoms with E-state index in [9.17, 15) is 0 Å². The molecule has 2 heterocycles. The van der Waals surface area contributed by atoms with E-state index < -0.39 is 0 Å². The maximum Gasteiger partial charge on any atom is 0.311 e. The van der Waals surface area contributed by atoms with Crippen LogP contribution in [0.1, 0.15) is 6.42 Å². The van der Waals surface area contributed by atoms with Crippen LogP contribution in [0.2, 0.25) is 0 Å². The van der Waals surface area contributed by atoms with E-state index in [0.29, 0.717) is 6.85 Å². The highest BCUT2D eigenvalue weighted by Crippen LogP contribution is 2.21. The molecule has 0 spiro atoms. The molecule has 0 aromatic rings. The second-order valence-corrected chi connectivity index (χ2v) is 2.83. The van der Waals surface area contributed by atoms with Crippen molar-refractivity contribution in [1.29, 1.82) is 0 Å². The third-order valence-corrected chi connectivity index (χ3v) is 2.12. The Hall–Kier alpha value is -0.915. The Labute approximate surface area is 61.8 Å². The van der Waals surface area contributed by atoms with Crippen LogP contribution in [0.25, 0.3) is 0 Å². The molecule has 0 bridgehead atoms. The van der Waals surface area contributed by atoms with E-state index in [1.54, 1.807) is 0 Å². The van der Waals surface area contributed by atoms with E-state index in [4.69, 9.17) is 0 Å². The Morgan fingerprint density at radius 2 is 2.50 bits per heavy atom. The summed E-state index contributed by atoms with van der Waals surface area (Å²) in [6.07, 6.45) is 9.81. The Bertz CT molecular complexity index is 227. The van der Waals surface area contributed by atoms with E-state index in [2.05, 4.69) is 42.3 Å². The lowest BCUT2D eigenvalue weighted by Crippen LogP contribution is -2.31. The number of allylic oxidation sites excluding steroid dienone is 4. The Kier molecular flexibility index (Phi) is 1.19. The maximum atomic E-state index is 2.26. The number of hydrogen-bond acceptors (Lipinski definition) is 1. The van der Waals surface area contributed by atoms with Gasteiger partial charge < -0.3 is 4.81 Å². The molecule has 2 rings (SSSR count). The largest absolute Gasteiger partial charge is 0.416 e. The first-order valence-electron chi connectivity index (χ1n) is 3.64. The van der Waals surface area contributed by atoms with Gasteiger partial charge in [-0.1, -0.05) is 23.6 Å². The molecule has 0 N–H and O–H groups in total. The Balaban J connectivity index is 2.31. The summed E-state index contributed by atoms with van der Waals surface area (Å²) in [6, 6.07) is 0. The van der Waals surface area contributed by atoms with Crippen LogP contribution in [0, 0.1) is 0 Å². The van der Waals surface area contributed by atoms with E-state index in [1.807, 2.05) is 0 Å². The number of rotatable bonds is 0. The average molecular weight is 131 g/mol. The SMILES string of the molecule is CN1C=CC=C2CC=CB21. The molecule has 0 saturated heterocycles. The van der Waals surface area contributed by atoms with Crippen molar-refractivity contribution >= 4 is 6.85 Å². The molecule has 0 atom stereocenters. The summed E-state index contributed by atoms with van der Waals surface area (Å²) in [5.74, 6) is 2.26. The second-order valence-electron chi connectivity index (χ2n) is 2.83. The predicted molar refractivity (Wildman–Crippen MR) is 44.5 cm³/mol. The zero-order valence-corrected chi connectivity index (χ0v) is 6.12. The van der Waals surface area contributed by atoms with Crippen molar-refractivity contribution in [3.8, 4) is 0 Å². The molecule has 1 nitrogen and oxygen atoms in total. The summed E-state index contributed by atoms with van der Waals surface area (Å²) in [5.41, 5.74) is 1.52. The highest BCUT2D eigenvalue weighted by Gasteiger charge is 2.24.